The van der Waals surface area contributed by atoms with Crippen LogP contribution in [0.4, 0.5) is 15.8 Å². The molecule has 9 heteroatoms. The molecule has 0 spiro atoms. The van der Waals surface area contributed by atoms with Gasteiger partial charge in [-0.1, -0.05) is 23.7 Å². The summed E-state index contributed by atoms with van der Waals surface area (Å²) < 4.78 is 13.9. The summed E-state index contributed by atoms with van der Waals surface area (Å²) in [4.78, 5) is 14.4. The van der Waals surface area contributed by atoms with Gasteiger partial charge in [-0.25, -0.2) is 9.37 Å². The highest BCUT2D eigenvalue weighted by Crippen LogP contribution is 2.27. The molecular formula is C18H10ClFN4O2S. The van der Waals surface area contributed by atoms with Crippen molar-refractivity contribution < 1.29 is 9.31 Å². The first-order valence-electron chi connectivity index (χ1n) is 7.50. The van der Waals surface area contributed by atoms with Crippen LogP contribution >= 0.6 is 22.9 Å². The minimum Gasteiger partial charge on any atom is -0.358 e. The predicted octanol–water partition coefficient (Wildman–Crippen LogP) is 5.49. The molecule has 0 fully saturated rings. The summed E-state index contributed by atoms with van der Waals surface area (Å²) >= 11 is 7.14. The molecule has 134 valence electrons. The monoisotopic (exact) mass is 400 g/mol. The molecule has 0 radical (unpaired) electrons. The van der Waals surface area contributed by atoms with E-state index >= 15 is 0 Å². The van der Waals surface area contributed by atoms with Crippen LogP contribution in [0.5, 0.6) is 0 Å². The molecule has 3 rings (SSSR count). The molecule has 1 heterocycles. The van der Waals surface area contributed by atoms with E-state index in [2.05, 4.69) is 10.3 Å². The molecule has 6 nitrogen and oxygen atoms in total. The summed E-state index contributed by atoms with van der Waals surface area (Å²) in [5.74, 6) is -0.793. The Hall–Kier alpha value is -3.28. The van der Waals surface area contributed by atoms with Gasteiger partial charge in [0.1, 0.15) is 16.6 Å². The van der Waals surface area contributed by atoms with Crippen molar-refractivity contribution in [1.82, 2.24) is 4.98 Å². The van der Waals surface area contributed by atoms with E-state index in [4.69, 9.17) is 11.6 Å². The van der Waals surface area contributed by atoms with E-state index in [0.717, 1.165) is 11.6 Å². The van der Waals surface area contributed by atoms with Gasteiger partial charge >= 0.3 is 0 Å². The van der Waals surface area contributed by atoms with Crippen LogP contribution in [0.15, 0.2) is 54.0 Å². The third kappa shape index (κ3) is 4.28. The summed E-state index contributed by atoms with van der Waals surface area (Å²) in [7, 11) is 0. The number of nitro benzene ring substituents is 1. The molecule has 0 saturated heterocycles. The van der Waals surface area contributed by atoms with Crippen molar-refractivity contribution in [3.63, 3.8) is 0 Å². The number of anilines is 1. The zero-order valence-electron chi connectivity index (χ0n) is 13.5. The number of nitrogens with one attached hydrogen (secondary N) is 1. The molecule has 0 unspecified atom stereocenters. The lowest BCUT2D eigenvalue weighted by molar-refractivity contribution is -0.385. The van der Waals surface area contributed by atoms with E-state index in [1.807, 2.05) is 18.2 Å². The second-order valence-corrected chi connectivity index (χ2v) is 6.57. The van der Waals surface area contributed by atoms with Crippen molar-refractivity contribution >= 4 is 39.9 Å². The van der Waals surface area contributed by atoms with Crippen LogP contribution in [-0.4, -0.2) is 9.91 Å². The van der Waals surface area contributed by atoms with Gasteiger partial charge in [0.15, 0.2) is 5.82 Å². The van der Waals surface area contributed by atoms with Crippen molar-refractivity contribution in [3.05, 3.63) is 80.0 Å². The number of hydrogen-bond donors (Lipinski definition) is 1. The Balaban J connectivity index is 1.82. The van der Waals surface area contributed by atoms with Gasteiger partial charge < -0.3 is 5.32 Å². The molecular weight excluding hydrogens is 391 g/mol. The molecule has 0 aliphatic rings. The number of thiazole rings is 1. The van der Waals surface area contributed by atoms with Crippen molar-refractivity contribution in [2.75, 3.05) is 5.32 Å². The van der Waals surface area contributed by atoms with Gasteiger partial charge in [0.25, 0.3) is 5.69 Å². The summed E-state index contributed by atoms with van der Waals surface area (Å²) in [5, 5.41) is 25.5. The van der Waals surface area contributed by atoms with Crippen molar-refractivity contribution in [2.45, 2.75) is 0 Å². The zero-order chi connectivity index (χ0) is 19.4. The number of non-ortho nitro benzene ring substituents is 1. The van der Waals surface area contributed by atoms with E-state index in [1.165, 1.54) is 29.7 Å². The molecule has 3 aromatic rings. The summed E-state index contributed by atoms with van der Waals surface area (Å²) in [6, 6.07) is 12.4. The number of nitrogens with zero attached hydrogens (tertiary/aromatic N) is 3. The lowest BCUT2D eigenvalue weighted by Crippen LogP contribution is -1.96. The van der Waals surface area contributed by atoms with Gasteiger partial charge in [0, 0.05) is 28.2 Å². The van der Waals surface area contributed by atoms with Gasteiger partial charge in [-0.15, -0.1) is 11.3 Å². The summed E-state index contributed by atoms with van der Waals surface area (Å²) in [6.45, 7) is 0. The quantitative estimate of drug-likeness (QED) is 0.347. The second-order valence-electron chi connectivity index (χ2n) is 5.28. The highest BCUT2D eigenvalue weighted by Gasteiger charge is 2.12. The SMILES string of the molecule is N#CC(=CNc1ccc([N+](=O)[O-])cc1F)c1nc(-c2ccc(Cl)cc2)cs1. The zero-order valence-corrected chi connectivity index (χ0v) is 15.1. The molecule has 1 aromatic heterocycles. The average molecular weight is 401 g/mol. The van der Waals surface area contributed by atoms with Crippen molar-refractivity contribution in [3.8, 4) is 17.3 Å². The number of nitriles is 1. The minimum atomic E-state index is -0.793. The van der Waals surface area contributed by atoms with Gasteiger partial charge in [0.05, 0.1) is 22.4 Å². The number of aromatic nitrogens is 1. The Morgan fingerprint density at radius 1 is 1.33 bits per heavy atom. The summed E-state index contributed by atoms with van der Waals surface area (Å²) in [6.07, 6.45) is 1.31. The number of halogens is 2. The largest absolute Gasteiger partial charge is 0.358 e. The van der Waals surface area contributed by atoms with E-state index in [1.54, 1.807) is 17.5 Å². The Morgan fingerprint density at radius 2 is 2.07 bits per heavy atom. The van der Waals surface area contributed by atoms with Gasteiger partial charge in [0.2, 0.25) is 0 Å². The first-order valence-corrected chi connectivity index (χ1v) is 8.76. The number of nitro groups is 1. The topological polar surface area (TPSA) is 91.8 Å². The Labute approximate surface area is 162 Å². The Kier molecular flexibility index (Phi) is 5.45. The predicted molar refractivity (Wildman–Crippen MR) is 103 cm³/mol. The van der Waals surface area contributed by atoms with Crippen LogP contribution in [0, 0.1) is 27.3 Å². The number of hydrogen-bond acceptors (Lipinski definition) is 6. The molecule has 2 aromatic carbocycles. The fraction of sp³-hybridized carbons (Fsp3) is 0. The normalized spacial score (nSPS) is 11.1. The van der Waals surface area contributed by atoms with Gasteiger partial charge in [-0.2, -0.15) is 5.26 Å². The van der Waals surface area contributed by atoms with E-state index < -0.39 is 10.7 Å². The summed E-state index contributed by atoms with van der Waals surface area (Å²) in [5.41, 5.74) is 1.42. The standard InChI is InChI=1S/C18H10ClFN4O2S/c19-13-3-1-11(2-4-13)17-10-27-18(23-17)12(8-21)9-22-16-6-5-14(24(25)26)7-15(16)20/h1-7,9-10,22H. The second kappa shape index (κ2) is 7.95. The van der Waals surface area contributed by atoms with E-state index in [-0.39, 0.29) is 16.9 Å². The van der Waals surface area contributed by atoms with Gasteiger partial charge in [-0.3, -0.25) is 10.1 Å². The molecule has 0 bridgehead atoms. The van der Waals surface area contributed by atoms with Crippen LogP contribution in [0.1, 0.15) is 5.01 Å². The van der Waals surface area contributed by atoms with Crippen LogP contribution in [0.25, 0.3) is 16.8 Å². The van der Waals surface area contributed by atoms with Crippen LogP contribution in [-0.2, 0) is 0 Å². The Morgan fingerprint density at radius 3 is 2.70 bits per heavy atom. The molecule has 1 N–H and O–H groups in total. The maximum Gasteiger partial charge on any atom is 0.272 e. The number of benzene rings is 2. The molecule has 0 amide bonds. The fourth-order valence-electron chi connectivity index (χ4n) is 2.18. The van der Waals surface area contributed by atoms with E-state index in [0.29, 0.717) is 15.7 Å². The van der Waals surface area contributed by atoms with Gasteiger partial charge in [-0.05, 0) is 18.2 Å². The van der Waals surface area contributed by atoms with Crippen molar-refractivity contribution in [2.24, 2.45) is 0 Å². The van der Waals surface area contributed by atoms with Crippen LogP contribution in [0.2, 0.25) is 5.02 Å². The van der Waals surface area contributed by atoms with Crippen molar-refractivity contribution in [1.29, 1.82) is 5.26 Å². The molecule has 0 atom stereocenters. The maximum absolute atomic E-state index is 13.9. The first-order chi connectivity index (χ1) is 13.0. The minimum absolute atomic E-state index is 0.0165. The Bertz CT molecular complexity index is 1070. The average Bonchev–Trinajstić information content (AvgIpc) is 3.13. The van der Waals surface area contributed by atoms with E-state index in [9.17, 15) is 19.8 Å². The smallest absolute Gasteiger partial charge is 0.272 e. The number of rotatable bonds is 5. The molecule has 0 aliphatic heterocycles. The fourth-order valence-corrected chi connectivity index (χ4v) is 3.10. The third-order valence-corrected chi connectivity index (χ3v) is 4.66. The molecule has 0 saturated carbocycles. The highest BCUT2D eigenvalue weighted by molar-refractivity contribution is 7.11. The molecule has 0 aliphatic carbocycles. The van der Waals surface area contributed by atoms with Crippen LogP contribution < -0.4 is 5.32 Å². The highest BCUT2D eigenvalue weighted by atomic mass is 35.5. The maximum atomic E-state index is 13.9. The lowest BCUT2D eigenvalue weighted by atomic mass is 10.2. The third-order valence-electron chi connectivity index (χ3n) is 3.53. The lowest BCUT2D eigenvalue weighted by Gasteiger charge is -2.03. The molecule has 27 heavy (non-hydrogen) atoms. The first kappa shape index (κ1) is 18.5. The number of allylic oxidation sites excluding steroid dienone is 1. The van der Waals surface area contributed by atoms with Crippen LogP contribution in [0.3, 0.4) is 0 Å².